The first-order valence-electron chi connectivity index (χ1n) is 1.85. The van der Waals surface area contributed by atoms with Crippen LogP contribution in [-0.4, -0.2) is 12.1 Å². The Balaban J connectivity index is 2.54. The molecule has 0 bridgehead atoms. The lowest BCUT2D eigenvalue weighted by molar-refractivity contribution is 0.435. The number of hydrogen-bond acceptors (Lipinski definition) is 4. The summed E-state index contributed by atoms with van der Waals surface area (Å²) in [5.74, 6) is 0. The smallest absolute Gasteiger partial charge is 0.0903 e. The summed E-state index contributed by atoms with van der Waals surface area (Å²) in [5.41, 5.74) is 0. The highest BCUT2D eigenvalue weighted by Gasteiger charge is 2.03. The van der Waals surface area contributed by atoms with Gasteiger partial charge in [-0.25, -0.2) is 0 Å². The second kappa shape index (κ2) is 1.98. The number of nitrogens with zero attached hydrogens (tertiary/aromatic N) is 1. The molecule has 1 heterocycles. The Morgan fingerprint density at radius 1 is 2.00 bits per heavy atom. The first-order chi connectivity index (χ1) is 3.30. The normalized spacial score (nSPS) is 20.3. The van der Waals surface area contributed by atoms with E-state index in [1.807, 2.05) is 17.5 Å². The minimum absolute atomic E-state index is 0.963. The van der Waals surface area contributed by atoms with Gasteiger partial charge in [-0.3, -0.25) is 5.01 Å². The van der Waals surface area contributed by atoms with Crippen LogP contribution in [0.3, 0.4) is 0 Å². The lowest BCUT2D eigenvalue weighted by atomic mass is 10.9. The van der Waals surface area contributed by atoms with Gasteiger partial charge in [0.05, 0.1) is 5.03 Å². The highest BCUT2D eigenvalue weighted by molar-refractivity contribution is 8.01. The van der Waals surface area contributed by atoms with Gasteiger partial charge in [-0.05, 0) is 11.9 Å². The third kappa shape index (κ3) is 1.05. The predicted molar refractivity (Wildman–Crippen MR) is 35.6 cm³/mol. The van der Waals surface area contributed by atoms with E-state index >= 15 is 0 Å². The Labute approximate surface area is 52.5 Å². The molecule has 40 valence electrons. The van der Waals surface area contributed by atoms with Gasteiger partial charge in [0.2, 0.25) is 0 Å². The monoisotopic (exact) mass is 134 g/mol. The van der Waals surface area contributed by atoms with Gasteiger partial charge in [0, 0.05) is 12.5 Å². The first-order valence-corrected chi connectivity index (χ1v) is 3.17. The lowest BCUT2D eigenvalue weighted by Gasteiger charge is -2.08. The second-order valence-corrected chi connectivity index (χ2v) is 2.36. The van der Waals surface area contributed by atoms with Crippen molar-refractivity contribution in [2.75, 3.05) is 7.05 Å². The van der Waals surface area contributed by atoms with Crippen LogP contribution in [0.25, 0.3) is 0 Å². The largest absolute Gasteiger partial charge is 0.295 e. The quantitative estimate of drug-likeness (QED) is 0.377. The van der Waals surface area contributed by atoms with Gasteiger partial charge >= 0.3 is 0 Å². The third-order valence-electron chi connectivity index (χ3n) is 0.698. The average molecular weight is 134 g/mol. The van der Waals surface area contributed by atoms with Crippen LogP contribution in [0, 0.1) is 0 Å². The maximum absolute atomic E-state index is 4.09. The summed E-state index contributed by atoms with van der Waals surface area (Å²) in [6.45, 7) is 0. The topological polar surface area (TPSA) is 15.3 Å². The van der Waals surface area contributed by atoms with Gasteiger partial charge in [0.1, 0.15) is 0 Å². The van der Waals surface area contributed by atoms with Crippen LogP contribution in [0.5, 0.6) is 0 Å². The summed E-state index contributed by atoms with van der Waals surface area (Å²) in [5, 5.41) is 4.74. The number of thiol groups is 1. The fourth-order valence-corrected chi connectivity index (χ4v) is 1.13. The molecule has 0 radical (unpaired) electrons. The van der Waals surface area contributed by atoms with E-state index in [9.17, 15) is 0 Å². The fourth-order valence-electron chi connectivity index (χ4n) is 0.284. The van der Waals surface area contributed by atoms with Crippen molar-refractivity contribution >= 4 is 24.6 Å². The molecule has 0 unspecified atom stereocenters. The summed E-state index contributed by atoms with van der Waals surface area (Å²) in [4.78, 5) is 2.95. The van der Waals surface area contributed by atoms with Gasteiger partial charge in [-0.15, -0.1) is 12.6 Å². The molecular formula is C3H6N2S2. The van der Waals surface area contributed by atoms with Crippen molar-refractivity contribution in [1.29, 1.82) is 0 Å². The molecule has 0 aliphatic carbocycles. The Bertz CT molecular complexity index is 101. The molecule has 0 atom stereocenters. The average Bonchev–Trinajstić information content (AvgIpc) is 1.91. The zero-order valence-electron chi connectivity index (χ0n) is 3.88. The molecule has 1 N–H and O–H groups in total. The number of nitrogens with one attached hydrogen (secondary N) is 1. The SMILES string of the molecule is CN1NSC=C1S. The van der Waals surface area contributed by atoms with Crippen LogP contribution in [-0.2, 0) is 0 Å². The summed E-state index contributed by atoms with van der Waals surface area (Å²) in [7, 11) is 1.92. The summed E-state index contributed by atoms with van der Waals surface area (Å²) < 4.78 is 0. The molecular weight excluding hydrogens is 128 g/mol. The van der Waals surface area contributed by atoms with Crippen LogP contribution in [0.15, 0.2) is 10.4 Å². The standard InChI is InChI=1S/C3H6N2S2/c1-5-3(6)2-7-4-5/h2,4,6H,1H3. The van der Waals surface area contributed by atoms with E-state index in [-0.39, 0.29) is 0 Å². The molecule has 4 heteroatoms. The van der Waals surface area contributed by atoms with Crippen LogP contribution >= 0.6 is 24.6 Å². The molecule has 1 rings (SSSR count). The van der Waals surface area contributed by atoms with Gasteiger partial charge < -0.3 is 0 Å². The molecule has 0 amide bonds. The van der Waals surface area contributed by atoms with Crippen LogP contribution < -0.4 is 4.83 Å². The molecule has 7 heavy (non-hydrogen) atoms. The van der Waals surface area contributed by atoms with Crippen molar-refractivity contribution in [3.8, 4) is 0 Å². The van der Waals surface area contributed by atoms with Gasteiger partial charge in [0.25, 0.3) is 0 Å². The summed E-state index contributed by atoms with van der Waals surface area (Å²) in [6.07, 6.45) is 0. The molecule has 0 spiro atoms. The number of hydrazine groups is 1. The van der Waals surface area contributed by atoms with E-state index in [4.69, 9.17) is 0 Å². The third-order valence-corrected chi connectivity index (χ3v) is 2.02. The molecule has 0 saturated heterocycles. The molecule has 1 aliphatic rings. The van der Waals surface area contributed by atoms with Gasteiger partial charge in [0.15, 0.2) is 0 Å². The van der Waals surface area contributed by atoms with E-state index in [1.54, 1.807) is 0 Å². The minimum Gasteiger partial charge on any atom is -0.295 e. The molecule has 0 fully saturated rings. The zero-order chi connectivity index (χ0) is 5.28. The van der Waals surface area contributed by atoms with E-state index in [0.29, 0.717) is 0 Å². The highest BCUT2D eigenvalue weighted by atomic mass is 32.2. The highest BCUT2D eigenvalue weighted by Crippen LogP contribution is 2.17. The summed E-state index contributed by atoms with van der Waals surface area (Å²) in [6, 6.07) is 0. The molecule has 0 saturated carbocycles. The Hall–Kier alpha value is 0.200. The van der Waals surface area contributed by atoms with E-state index < -0.39 is 0 Å². The van der Waals surface area contributed by atoms with Crippen molar-refractivity contribution in [2.45, 2.75) is 0 Å². The maximum atomic E-state index is 4.09. The van der Waals surface area contributed by atoms with Crippen molar-refractivity contribution in [3.05, 3.63) is 10.4 Å². The van der Waals surface area contributed by atoms with E-state index in [1.165, 1.54) is 11.9 Å². The van der Waals surface area contributed by atoms with Crippen molar-refractivity contribution < 1.29 is 0 Å². The van der Waals surface area contributed by atoms with Gasteiger partial charge in [-0.2, -0.15) is 4.83 Å². The maximum Gasteiger partial charge on any atom is 0.0903 e. The Morgan fingerprint density at radius 3 is 2.86 bits per heavy atom. The zero-order valence-corrected chi connectivity index (χ0v) is 5.59. The van der Waals surface area contributed by atoms with E-state index in [0.717, 1.165) is 5.03 Å². The molecule has 0 aromatic carbocycles. The Morgan fingerprint density at radius 2 is 2.71 bits per heavy atom. The number of hydrogen-bond donors (Lipinski definition) is 2. The molecule has 0 aromatic rings. The molecule has 2 nitrogen and oxygen atoms in total. The summed E-state index contributed by atoms with van der Waals surface area (Å²) >= 11 is 5.62. The van der Waals surface area contributed by atoms with Crippen LogP contribution in [0.1, 0.15) is 0 Å². The minimum atomic E-state index is 0.963. The van der Waals surface area contributed by atoms with Crippen molar-refractivity contribution in [2.24, 2.45) is 0 Å². The van der Waals surface area contributed by atoms with Crippen molar-refractivity contribution in [3.63, 3.8) is 0 Å². The first kappa shape index (κ1) is 5.34. The molecule has 1 aliphatic heterocycles. The van der Waals surface area contributed by atoms with Gasteiger partial charge in [-0.1, -0.05) is 0 Å². The Kier molecular flexibility index (Phi) is 1.51. The lowest BCUT2D eigenvalue weighted by Crippen LogP contribution is -2.20. The van der Waals surface area contributed by atoms with Crippen LogP contribution in [0.4, 0.5) is 0 Å². The number of rotatable bonds is 0. The van der Waals surface area contributed by atoms with Crippen molar-refractivity contribution in [1.82, 2.24) is 9.84 Å². The predicted octanol–water partition coefficient (Wildman–Crippen LogP) is 0.813. The van der Waals surface area contributed by atoms with Crippen LogP contribution in [0.2, 0.25) is 0 Å². The van der Waals surface area contributed by atoms with E-state index in [2.05, 4.69) is 17.5 Å². The molecule has 0 aromatic heterocycles. The second-order valence-electron chi connectivity index (χ2n) is 1.24. The fraction of sp³-hybridized carbons (Fsp3) is 0.333.